The molecular weight excluding hydrogens is 465 g/mol. The van der Waals surface area contributed by atoms with Crippen LogP contribution in [0.15, 0.2) is 48.6 Å². The summed E-state index contributed by atoms with van der Waals surface area (Å²) in [7, 11) is 0. The first-order valence-corrected chi connectivity index (χ1v) is 11.7. The van der Waals surface area contributed by atoms with E-state index >= 15 is 0 Å². The number of Topliss-reactive ketones (excluding diaryl/α,β-unsaturated/α-hetero) is 1. The number of halogens is 3. The van der Waals surface area contributed by atoms with Crippen molar-refractivity contribution < 1.29 is 42.4 Å². The van der Waals surface area contributed by atoms with Crippen LogP contribution in [-0.2, 0) is 20.5 Å². The predicted molar refractivity (Wildman–Crippen MR) is 124 cm³/mol. The largest absolute Gasteiger partial charge is 0.491 e. The van der Waals surface area contributed by atoms with E-state index in [2.05, 4.69) is 0 Å². The van der Waals surface area contributed by atoms with Gasteiger partial charge in [-0.3, -0.25) is 9.59 Å². The minimum absolute atomic E-state index is 0.0192. The lowest BCUT2D eigenvalue weighted by molar-refractivity contribution is -0.147. The van der Waals surface area contributed by atoms with Gasteiger partial charge in [0.15, 0.2) is 0 Å². The van der Waals surface area contributed by atoms with Gasteiger partial charge in [0.2, 0.25) is 0 Å². The average molecular weight is 499 g/mol. The third-order valence-corrected chi connectivity index (χ3v) is 5.55. The third kappa shape index (κ3) is 9.85. The zero-order valence-corrected chi connectivity index (χ0v) is 19.9. The van der Waals surface area contributed by atoms with E-state index in [1.165, 1.54) is 18.2 Å². The average Bonchev–Trinajstić information content (AvgIpc) is 3.04. The van der Waals surface area contributed by atoms with Crippen LogP contribution in [0.2, 0.25) is 0 Å². The maximum absolute atomic E-state index is 12.8. The first-order chi connectivity index (χ1) is 16.5. The second-order valence-electron chi connectivity index (χ2n) is 8.85. The number of aliphatic hydroxyl groups is 2. The molecule has 1 aromatic carbocycles. The van der Waals surface area contributed by atoms with Crippen molar-refractivity contribution in [3.8, 4) is 5.75 Å². The monoisotopic (exact) mass is 498 g/mol. The number of allylic oxidation sites excluding steroid dienone is 2. The SMILES string of the molecule is CC(C)OC(=O)CCCC=CC[C@H]1C(=O)C[C@@H](O)[C@H]1C=C[C@@H](O)COc1cccc(C(F)(F)F)c1. The van der Waals surface area contributed by atoms with E-state index in [9.17, 15) is 33.0 Å². The number of benzene rings is 1. The van der Waals surface area contributed by atoms with E-state index in [-0.39, 0.29) is 36.6 Å². The highest BCUT2D eigenvalue weighted by atomic mass is 19.4. The summed E-state index contributed by atoms with van der Waals surface area (Å²) in [6, 6.07) is 4.36. The highest BCUT2D eigenvalue weighted by molar-refractivity contribution is 5.84. The summed E-state index contributed by atoms with van der Waals surface area (Å²) in [5.74, 6) is -1.28. The maximum atomic E-state index is 12.8. The molecule has 0 unspecified atom stereocenters. The molecule has 2 N–H and O–H groups in total. The number of alkyl halides is 3. The van der Waals surface area contributed by atoms with Gasteiger partial charge in [0.05, 0.1) is 17.8 Å². The summed E-state index contributed by atoms with van der Waals surface area (Å²) >= 11 is 0. The minimum Gasteiger partial charge on any atom is -0.491 e. The molecule has 0 saturated heterocycles. The number of ketones is 1. The van der Waals surface area contributed by atoms with Crippen LogP contribution >= 0.6 is 0 Å². The first kappa shape index (κ1) is 28.6. The van der Waals surface area contributed by atoms with Crippen molar-refractivity contribution in [1.29, 1.82) is 0 Å². The fourth-order valence-corrected chi connectivity index (χ4v) is 3.83. The number of aliphatic hydroxyl groups excluding tert-OH is 2. The van der Waals surface area contributed by atoms with Crippen molar-refractivity contribution in [3.63, 3.8) is 0 Å². The molecule has 2 rings (SSSR count). The molecule has 35 heavy (non-hydrogen) atoms. The fraction of sp³-hybridized carbons (Fsp3) is 0.538. The van der Waals surface area contributed by atoms with E-state index in [0.717, 1.165) is 12.1 Å². The summed E-state index contributed by atoms with van der Waals surface area (Å²) in [6.45, 7) is 3.30. The van der Waals surface area contributed by atoms with Crippen LogP contribution in [-0.4, -0.2) is 46.9 Å². The summed E-state index contributed by atoms with van der Waals surface area (Å²) < 4.78 is 48.7. The molecule has 0 amide bonds. The summed E-state index contributed by atoms with van der Waals surface area (Å²) in [6.07, 6.45) is 2.08. The predicted octanol–water partition coefficient (Wildman–Crippen LogP) is 4.64. The number of unbranched alkanes of at least 4 members (excludes halogenated alkanes) is 1. The molecule has 1 aliphatic carbocycles. The van der Waals surface area contributed by atoms with Crippen molar-refractivity contribution in [1.82, 2.24) is 0 Å². The van der Waals surface area contributed by atoms with Gasteiger partial charge in [-0.25, -0.2) is 0 Å². The summed E-state index contributed by atoms with van der Waals surface area (Å²) in [4.78, 5) is 23.8. The second-order valence-corrected chi connectivity index (χ2v) is 8.85. The van der Waals surface area contributed by atoms with Crippen LogP contribution in [0, 0.1) is 11.8 Å². The van der Waals surface area contributed by atoms with Gasteiger partial charge in [-0.15, -0.1) is 0 Å². The number of ether oxygens (including phenoxy) is 2. The maximum Gasteiger partial charge on any atom is 0.416 e. The molecule has 6 nitrogen and oxygen atoms in total. The Bertz CT molecular complexity index is 893. The van der Waals surface area contributed by atoms with Crippen LogP contribution in [0.4, 0.5) is 13.2 Å². The second kappa shape index (κ2) is 13.4. The molecule has 1 aromatic rings. The third-order valence-electron chi connectivity index (χ3n) is 5.55. The van der Waals surface area contributed by atoms with Crippen LogP contribution in [0.3, 0.4) is 0 Å². The van der Waals surface area contributed by atoms with Gasteiger partial charge in [0.25, 0.3) is 0 Å². The smallest absolute Gasteiger partial charge is 0.416 e. The van der Waals surface area contributed by atoms with Crippen molar-refractivity contribution in [2.75, 3.05) is 6.61 Å². The molecule has 1 saturated carbocycles. The minimum atomic E-state index is -4.49. The number of hydrogen-bond acceptors (Lipinski definition) is 6. The molecule has 1 fully saturated rings. The van der Waals surface area contributed by atoms with E-state index in [1.54, 1.807) is 19.9 Å². The molecule has 1 aliphatic rings. The first-order valence-electron chi connectivity index (χ1n) is 11.7. The van der Waals surface area contributed by atoms with Crippen molar-refractivity contribution in [3.05, 3.63) is 54.1 Å². The van der Waals surface area contributed by atoms with Crippen LogP contribution in [0.1, 0.15) is 51.5 Å². The molecule has 194 valence electrons. The number of carbonyl (C=O) groups is 2. The summed E-state index contributed by atoms with van der Waals surface area (Å²) in [5.41, 5.74) is -0.848. The molecule has 0 aromatic heterocycles. The molecule has 0 radical (unpaired) electrons. The highest BCUT2D eigenvalue weighted by Crippen LogP contribution is 2.34. The molecule has 0 aliphatic heterocycles. The fourth-order valence-electron chi connectivity index (χ4n) is 3.83. The Morgan fingerprint density at radius 1 is 1.26 bits per heavy atom. The molecule has 0 heterocycles. The topological polar surface area (TPSA) is 93.1 Å². The zero-order valence-electron chi connectivity index (χ0n) is 19.9. The van der Waals surface area contributed by atoms with Gasteiger partial charge in [-0.05, 0) is 51.3 Å². The van der Waals surface area contributed by atoms with Gasteiger partial charge in [-0.2, -0.15) is 13.2 Å². The number of hydrogen-bond donors (Lipinski definition) is 2. The Labute approximate surface area is 203 Å². The van der Waals surface area contributed by atoms with Crippen molar-refractivity contribution in [2.24, 2.45) is 11.8 Å². The van der Waals surface area contributed by atoms with Gasteiger partial charge in [0, 0.05) is 24.7 Å². The Balaban J connectivity index is 1.83. The number of esters is 1. The lowest BCUT2D eigenvalue weighted by atomic mass is 9.90. The molecule has 9 heteroatoms. The standard InChI is InChI=1S/C26H33F3O6/c1-17(2)35-25(33)11-6-4-3-5-10-21-22(24(32)15-23(21)31)13-12-19(30)16-34-20-9-7-8-18(14-20)26(27,28)29/h3,5,7-9,12-14,17,19,21-22,24,30,32H,4,6,10-11,15-16H2,1-2H3/t19-,21-,22+,24-/m1/s1. The van der Waals surface area contributed by atoms with Gasteiger partial charge in [0.1, 0.15) is 24.2 Å². The molecule has 0 spiro atoms. The lowest BCUT2D eigenvalue weighted by Crippen LogP contribution is -2.20. The number of carbonyl (C=O) groups excluding carboxylic acids is 2. The Hall–Kier alpha value is -2.65. The van der Waals surface area contributed by atoms with E-state index < -0.39 is 35.8 Å². The van der Waals surface area contributed by atoms with Crippen molar-refractivity contribution in [2.45, 2.75) is 70.4 Å². The zero-order chi connectivity index (χ0) is 26.0. The van der Waals surface area contributed by atoms with Gasteiger partial charge >= 0.3 is 12.1 Å². The van der Waals surface area contributed by atoms with E-state index in [4.69, 9.17) is 9.47 Å². The Morgan fingerprint density at radius 3 is 2.69 bits per heavy atom. The van der Waals surface area contributed by atoms with E-state index in [0.29, 0.717) is 25.7 Å². The quantitative estimate of drug-likeness (QED) is 0.248. The van der Waals surface area contributed by atoms with Gasteiger partial charge < -0.3 is 19.7 Å². The normalized spacial score (nSPS) is 21.8. The lowest BCUT2D eigenvalue weighted by Gasteiger charge is -2.17. The van der Waals surface area contributed by atoms with E-state index in [1.807, 2.05) is 12.2 Å². The van der Waals surface area contributed by atoms with Crippen LogP contribution in [0.25, 0.3) is 0 Å². The number of rotatable bonds is 12. The molecular formula is C26H33F3O6. The van der Waals surface area contributed by atoms with Crippen molar-refractivity contribution >= 4 is 11.8 Å². The Kier molecular flexibility index (Phi) is 11.0. The van der Waals surface area contributed by atoms with Crippen LogP contribution < -0.4 is 4.74 Å². The highest BCUT2D eigenvalue weighted by Gasteiger charge is 2.39. The molecule has 0 bridgehead atoms. The van der Waals surface area contributed by atoms with Crippen LogP contribution in [0.5, 0.6) is 5.75 Å². The van der Waals surface area contributed by atoms with Gasteiger partial charge in [-0.1, -0.05) is 30.4 Å². The summed E-state index contributed by atoms with van der Waals surface area (Å²) in [5, 5.41) is 20.4. The Morgan fingerprint density at radius 2 is 2.00 bits per heavy atom. The molecule has 4 atom stereocenters.